The molecule has 30 heteroatoms. The molecule has 16 N–H and O–H groups in total. The Balaban J connectivity index is 1.37. The Morgan fingerprint density at radius 3 is 1.97 bits per heavy atom. The van der Waals surface area contributed by atoms with Gasteiger partial charge in [0.15, 0.2) is 18.9 Å². The van der Waals surface area contributed by atoms with E-state index >= 15 is 0 Å². The van der Waals surface area contributed by atoms with Crippen LogP contribution in [0.15, 0.2) is 30.3 Å². The van der Waals surface area contributed by atoms with E-state index in [9.17, 15) is 90.7 Å². The number of pyridine rings is 1. The van der Waals surface area contributed by atoms with Crippen molar-refractivity contribution in [3.8, 4) is 5.75 Å². The standard InChI is InChI=1S/C49H73N3O27/c1-21(57)50-32-25(59)16-49(48(69)70,78-41(32)34(62)26(60)17-53)79-43-36(64)28(19-55)74-47(39(43)67)76-40-29(20-56)75-45(72-15-8-6-4-3-5-7-12-30(61)71-2)33(42(40)77-46-38(66)37(65)35(63)27(18-54)73-46)52-44(68)23-14-13-22-10-9-11-24(58)31(22)51-23/h9-11,13-14,25-29,32-43,45-47,53-56,58-60,62-67H,3-8,12,15-20H2,1-2H3,(H,50,57)(H,52,68)(H,69,70)/t25?,26?,27?,28?,29?,32-,33?,34?,35+,36-,37?,38?,39?,40+,41?,42?,43?,45-,46+,47?,49+/m1/s1. The number of carbonyl (C=O) groups excluding carboxylic acids is 3. The Hall–Kier alpha value is -4.49. The number of aromatic hydroxyl groups is 1. The minimum atomic E-state index is -3.20. The van der Waals surface area contributed by atoms with Crippen LogP contribution >= 0.6 is 0 Å². The predicted octanol–water partition coefficient (Wildman–Crippen LogP) is -5.78. The number of phenols is 1. The van der Waals surface area contributed by atoms with Crippen molar-refractivity contribution in [2.45, 2.75) is 187 Å². The van der Waals surface area contributed by atoms with Crippen LogP contribution in [0.2, 0.25) is 0 Å². The zero-order chi connectivity index (χ0) is 57.9. The molecule has 1 aromatic carbocycles. The highest BCUT2D eigenvalue weighted by molar-refractivity contribution is 5.96. The summed E-state index contributed by atoms with van der Waals surface area (Å²) in [6.07, 6.45) is -33.3. The average Bonchev–Trinajstić information content (AvgIpc) is 3.60. The number of carboxylic acids is 1. The summed E-state index contributed by atoms with van der Waals surface area (Å²) in [5.74, 6) is -7.67. The van der Waals surface area contributed by atoms with Crippen molar-refractivity contribution in [3.05, 3.63) is 36.0 Å². The number of hydrogen-bond donors (Lipinski definition) is 16. The van der Waals surface area contributed by atoms with Crippen molar-refractivity contribution in [1.82, 2.24) is 15.6 Å². The van der Waals surface area contributed by atoms with Gasteiger partial charge in [-0.15, -0.1) is 0 Å². The van der Waals surface area contributed by atoms with E-state index in [0.717, 1.165) is 19.8 Å². The Morgan fingerprint density at radius 1 is 0.722 bits per heavy atom. The van der Waals surface area contributed by atoms with Gasteiger partial charge in [0.1, 0.15) is 108 Å². The number of unbranched alkanes of at least 4 members (excludes halogenated alkanes) is 5. The van der Waals surface area contributed by atoms with Gasteiger partial charge in [-0.05, 0) is 25.0 Å². The molecule has 4 aliphatic heterocycles. The van der Waals surface area contributed by atoms with Crippen LogP contribution in [0.5, 0.6) is 5.75 Å². The summed E-state index contributed by atoms with van der Waals surface area (Å²) in [5, 5.41) is 157. The number of amides is 2. The van der Waals surface area contributed by atoms with E-state index in [1.807, 2.05) is 0 Å². The molecule has 2 amide bonds. The minimum absolute atomic E-state index is 0.0180. The summed E-state index contributed by atoms with van der Waals surface area (Å²) in [5.41, 5.74) is -0.282. The van der Waals surface area contributed by atoms with Crippen LogP contribution in [0.25, 0.3) is 10.9 Å². The molecule has 446 valence electrons. The number of nitrogens with zero attached hydrogens (tertiary/aromatic N) is 1. The van der Waals surface area contributed by atoms with E-state index in [1.54, 1.807) is 12.1 Å². The normalized spacial score (nSPS) is 35.8. The molecule has 5 heterocycles. The summed E-state index contributed by atoms with van der Waals surface area (Å²) in [6.45, 7) is -3.25. The molecule has 0 aliphatic carbocycles. The van der Waals surface area contributed by atoms with E-state index in [0.29, 0.717) is 31.1 Å². The van der Waals surface area contributed by atoms with E-state index in [-0.39, 0.29) is 36.0 Å². The fourth-order valence-corrected chi connectivity index (χ4v) is 9.80. The number of rotatable bonds is 26. The number of aliphatic hydroxyl groups excluding tert-OH is 12. The van der Waals surface area contributed by atoms with E-state index in [4.69, 9.17) is 37.9 Å². The van der Waals surface area contributed by atoms with Gasteiger partial charge in [-0.1, -0.05) is 43.9 Å². The highest BCUT2D eigenvalue weighted by atomic mass is 16.8. The van der Waals surface area contributed by atoms with Crippen molar-refractivity contribution in [1.29, 1.82) is 0 Å². The third-order valence-corrected chi connectivity index (χ3v) is 14.1. The molecule has 6 rings (SSSR count). The number of hydrogen-bond acceptors (Lipinski definition) is 27. The number of aliphatic hydroxyl groups is 12. The fraction of sp³-hybridized carbons (Fsp3) is 0.735. The van der Waals surface area contributed by atoms with Gasteiger partial charge >= 0.3 is 11.9 Å². The van der Waals surface area contributed by atoms with Gasteiger partial charge in [0.2, 0.25) is 5.91 Å². The molecule has 4 aliphatic rings. The van der Waals surface area contributed by atoms with E-state index < -0.39 is 179 Å². The van der Waals surface area contributed by atoms with Crippen LogP contribution < -0.4 is 10.6 Å². The second kappa shape index (κ2) is 29.0. The molecular weight excluding hydrogens is 1060 g/mol. The first-order valence-corrected chi connectivity index (χ1v) is 25.7. The molecule has 0 spiro atoms. The molecule has 14 unspecified atom stereocenters. The highest BCUT2D eigenvalue weighted by Gasteiger charge is 2.61. The molecule has 79 heavy (non-hydrogen) atoms. The smallest absolute Gasteiger partial charge is 0.364 e. The topological polar surface area (TPSA) is 472 Å². The lowest BCUT2D eigenvalue weighted by Crippen LogP contribution is -2.71. The quantitative estimate of drug-likeness (QED) is 0.0308. The van der Waals surface area contributed by atoms with Crippen molar-refractivity contribution < 1.29 is 133 Å². The molecular formula is C49H73N3O27. The lowest BCUT2D eigenvalue weighted by Gasteiger charge is -2.51. The van der Waals surface area contributed by atoms with Gasteiger partial charge in [0.25, 0.3) is 11.7 Å². The lowest BCUT2D eigenvalue weighted by atomic mass is 9.88. The van der Waals surface area contributed by atoms with Crippen molar-refractivity contribution in [2.24, 2.45) is 0 Å². The number of fused-ring (bicyclic) bond motifs is 1. The number of ether oxygens (including phenoxy) is 9. The number of aromatic nitrogens is 1. The predicted molar refractivity (Wildman–Crippen MR) is 259 cm³/mol. The van der Waals surface area contributed by atoms with Gasteiger partial charge < -0.3 is 125 Å². The van der Waals surface area contributed by atoms with Crippen molar-refractivity contribution in [2.75, 3.05) is 40.1 Å². The fourth-order valence-electron chi connectivity index (χ4n) is 9.80. The van der Waals surface area contributed by atoms with Crippen molar-refractivity contribution in [3.63, 3.8) is 0 Å². The zero-order valence-electron chi connectivity index (χ0n) is 43.1. The molecule has 0 saturated carbocycles. The Morgan fingerprint density at radius 2 is 1.34 bits per heavy atom. The number of nitrogens with one attached hydrogen (secondary N) is 2. The number of para-hydroxylation sites is 1. The number of esters is 1. The number of carbonyl (C=O) groups is 4. The summed E-state index contributed by atoms with van der Waals surface area (Å²) in [6, 6.07) is 3.93. The molecule has 4 saturated heterocycles. The summed E-state index contributed by atoms with van der Waals surface area (Å²) < 4.78 is 52.8. The Bertz CT molecular complexity index is 2300. The average molecular weight is 1140 g/mol. The largest absolute Gasteiger partial charge is 0.506 e. The summed E-state index contributed by atoms with van der Waals surface area (Å²) >= 11 is 0. The third kappa shape index (κ3) is 15.2. The van der Waals surface area contributed by atoms with Gasteiger partial charge in [-0.3, -0.25) is 14.4 Å². The SMILES string of the molecule is COC(=O)CCCCCCCCO[C@@H]1OC(CO)[C@H](OC2OC(CO)[C@@H](O)C(O[C@]3(C(=O)O)CC(O)[C@@H](NC(C)=O)C(C(O)C(O)CO)O3)C2O)C(O[C@@H]2OC(CO)[C@H](O)C(O)C2O)C1NC(=O)c1ccc2cccc(O)c2n1. The maximum atomic E-state index is 14.4. The number of aliphatic carboxylic acids is 1. The van der Waals surface area contributed by atoms with Crippen LogP contribution in [-0.2, 0) is 57.0 Å². The first-order valence-electron chi connectivity index (χ1n) is 25.7. The third-order valence-electron chi connectivity index (χ3n) is 14.1. The molecule has 21 atom stereocenters. The molecule has 2 aromatic rings. The highest BCUT2D eigenvalue weighted by Crippen LogP contribution is 2.39. The maximum Gasteiger partial charge on any atom is 0.364 e. The van der Waals surface area contributed by atoms with Crippen molar-refractivity contribution >= 4 is 34.7 Å². The monoisotopic (exact) mass is 1140 g/mol. The zero-order valence-corrected chi connectivity index (χ0v) is 43.1. The number of methoxy groups -OCH3 is 1. The van der Waals surface area contributed by atoms with Gasteiger partial charge in [0, 0.05) is 31.8 Å². The van der Waals surface area contributed by atoms with Crippen LogP contribution in [-0.4, -0.2) is 269 Å². The number of benzene rings is 1. The molecule has 30 nitrogen and oxygen atoms in total. The van der Waals surface area contributed by atoms with E-state index in [1.165, 1.54) is 25.3 Å². The van der Waals surface area contributed by atoms with Crippen LogP contribution in [0.3, 0.4) is 0 Å². The molecule has 0 bridgehead atoms. The first kappa shape index (κ1) is 63.7. The van der Waals surface area contributed by atoms with Crippen LogP contribution in [0.1, 0.15) is 68.8 Å². The maximum absolute atomic E-state index is 14.4. The summed E-state index contributed by atoms with van der Waals surface area (Å²) in [4.78, 5) is 55.6. The molecule has 4 fully saturated rings. The Kier molecular flexibility index (Phi) is 23.4. The number of phenolic OH excluding ortho intramolecular Hbond substituents is 1. The lowest BCUT2D eigenvalue weighted by molar-refractivity contribution is -0.391. The van der Waals surface area contributed by atoms with Crippen LogP contribution in [0, 0.1) is 0 Å². The van der Waals surface area contributed by atoms with E-state index in [2.05, 4.69) is 20.4 Å². The Labute approximate surface area is 451 Å². The second-order valence-electron chi connectivity index (χ2n) is 19.7. The van der Waals surface area contributed by atoms with Crippen LogP contribution in [0.4, 0.5) is 0 Å². The number of carboxylic acid groups (broad SMARTS) is 1. The second-order valence-corrected chi connectivity index (χ2v) is 19.7. The first-order chi connectivity index (χ1) is 37.6. The molecule has 0 radical (unpaired) electrons. The molecule has 1 aromatic heterocycles. The van der Waals surface area contributed by atoms with Gasteiger partial charge in [0.05, 0.1) is 45.7 Å². The minimum Gasteiger partial charge on any atom is -0.506 e. The van der Waals surface area contributed by atoms with Gasteiger partial charge in [-0.25, -0.2) is 9.78 Å². The summed E-state index contributed by atoms with van der Waals surface area (Å²) in [7, 11) is 1.30. The van der Waals surface area contributed by atoms with Gasteiger partial charge in [-0.2, -0.15) is 0 Å².